The third kappa shape index (κ3) is 1.38. The summed E-state index contributed by atoms with van der Waals surface area (Å²) in [5.74, 6) is 0.273. The van der Waals surface area contributed by atoms with Crippen molar-refractivity contribution < 1.29 is 4.79 Å². The summed E-state index contributed by atoms with van der Waals surface area (Å²) in [7, 11) is 2.02. The minimum Gasteiger partial charge on any atom is -0.378 e. The van der Waals surface area contributed by atoms with E-state index in [2.05, 4.69) is 11.8 Å². The zero-order chi connectivity index (χ0) is 7.56. The van der Waals surface area contributed by atoms with Crippen molar-refractivity contribution in [1.29, 1.82) is 0 Å². The quantitative estimate of drug-likeness (QED) is 0.572. The van der Waals surface area contributed by atoms with Crippen molar-refractivity contribution in [2.24, 2.45) is 0 Å². The molecule has 1 rings (SSSR count). The van der Waals surface area contributed by atoms with Crippen LogP contribution in [0.3, 0.4) is 0 Å². The molecule has 0 fully saturated rings. The highest BCUT2D eigenvalue weighted by Crippen LogP contribution is 2.16. The van der Waals surface area contributed by atoms with E-state index in [1.807, 2.05) is 7.05 Å². The second kappa shape index (κ2) is 2.86. The van der Waals surface area contributed by atoms with E-state index in [9.17, 15) is 4.79 Å². The molecule has 10 heavy (non-hydrogen) atoms. The minimum absolute atomic E-state index is 0.273. The molecule has 2 nitrogen and oxygen atoms in total. The van der Waals surface area contributed by atoms with Gasteiger partial charge in [0.25, 0.3) is 0 Å². The van der Waals surface area contributed by atoms with Gasteiger partial charge in [0, 0.05) is 31.8 Å². The molecule has 1 aliphatic rings. The van der Waals surface area contributed by atoms with Crippen molar-refractivity contribution in [1.82, 2.24) is 4.90 Å². The summed E-state index contributed by atoms with van der Waals surface area (Å²) in [5, 5.41) is 0. The molecule has 0 aliphatic heterocycles. The number of carbonyl (C=O) groups is 1. The second-order valence-corrected chi connectivity index (χ2v) is 2.62. The highest BCUT2D eigenvalue weighted by Gasteiger charge is 2.13. The first-order chi connectivity index (χ1) is 4.74. The number of nitrogens with zero attached hydrogens (tertiary/aromatic N) is 1. The highest BCUT2D eigenvalue weighted by molar-refractivity contribution is 5.92. The molecule has 0 N–H and O–H groups in total. The lowest BCUT2D eigenvalue weighted by atomic mass is 10.3. The van der Waals surface area contributed by atoms with Gasteiger partial charge in [0.2, 0.25) is 0 Å². The number of rotatable bonds is 2. The summed E-state index contributed by atoms with van der Waals surface area (Å²) in [6.45, 7) is 3.07. The second-order valence-electron chi connectivity index (χ2n) is 2.62. The van der Waals surface area contributed by atoms with Gasteiger partial charge >= 0.3 is 0 Å². The van der Waals surface area contributed by atoms with Gasteiger partial charge in [0.1, 0.15) is 0 Å². The van der Waals surface area contributed by atoms with Crippen LogP contribution in [-0.4, -0.2) is 24.3 Å². The Bertz CT molecular complexity index is 172. The fourth-order valence-electron chi connectivity index (χ4n) is 1.09. The highest BCUT2D eigenvalue weighted by atomic mass is 16.1. The van der Waals surface area contributed by atoms with E-state index in [-0.39, 0.29) is 5.78 Å². The lowest BCUT2D eigenvalue weighted by Crippen LogP contribution is -2.15. The smallest absolute Gasteiger partial charge is 0.157 e. The lowest BCUT2D eigenvalue weighted by molar-refractivity contribution is -0.114. The molecule has 56 valence electrons. The maximum atomic E-state index is 10.8. The maximum Gasteiger partial charge on any atom is 0.157 e. The monoisotopic (exact) mass is 139 g/mol. The van der Waals surface area contributed by atoms with Gasteiger partial charge in [-0.05, 0) is 13.3 Å². The standard InChI is InChI=1S/C8H13NO/c1-3-9(2)7-4-5-8(10)6-7/h6H,3-5H2,1-2H3. The van der Waals surface area contributed by atoms with E-state index in [1.54, 1.807) is 6.08 Å². The molecule has 0 aromatic rings. The Balaban J connectivity index is 2.57. The summed E-state index contributed by atoms with van der Waals surface area (Å²) in [4.78, 5) is 12.9. The van der Waals surface area contributed by atoms with Crippen LogP contribution in [0.4, 0.5) is 0 Å². The van der Waals surface area contributed by atoms with Crippen molar-refractivity contribution in [2.45, 2.75) is 19.8 Å². The average Bonchev–Trinajstić information content (AvgIpc) is 2.34. The molecule has 0 saturated carbocycles. The Morgan fingerprint density at radius 3 is 2.70 bits per heavy atom. The molecule has 0 amide bonds. The molecular formula is C8H13NO. The van der Waals surface area contributed by atoms with E-state index in [0.29, 0.717) is 6.42 Å². The van der Waals surface area contributed by atoms with Gasteiger partial charge in [0.15, 0.2) is 5.78 Å². The number of hydrogen-bond acceptors (Lipinski definition) is 2. The first kappa shape index (κ1) is 7.32. The summed E-state index contributed by atoms with van der Waals surface area (Å²) < 4.78 is 0. The van der Waals surface area contributed by atoms with Crippen LogP contribution in [0.1, 0.15) is 19.8 Å². The van der Waals surface area contributed by atoms with E-state index in [4.69, 9.17) is 0 Å². The maximum absolute atomic E-state index is 10.8. The molecule has 0 aromatic carbocycles. The molecule has 0 heterocycles. The molecule has 0 saturated heterocycles. The Morgan fingerprint density at radius 1 is 1.60 bits per heavy atom. The summed E-state index contributed by atoms with van der Waals surface area (Å²) >= 11 is 0. The Kier molecular flexibility index (Phi) is 2.10. The lowest BCUT2D eigenvalue weighted by Gasteiger charge is -2.16. The molecule has 0 unspecified atom stereocenters. The average molecular weight is 139 g/mol. The van der Waals surface area contributed by atoms with Crippen LogP contribution in [0.5, 0.6) is 0 Å². The molecule has 1 aliphatic carbocycles. The Hall–Kier alpha value is -0.790. The predicted molar refractivity (Wildman–Crippen MR) is 40.6 cm³/mol. The molecule has 2 heteroatoms. The normalized spacial score (nSPS) is 17.4. The van der Waals surface area contributed by atoms with Crippen molar-refractivity contribution >= 4 is 5.78 Å². The van der Waals surface area contributed by atoms with Crippen molar-refractivity contribution in [3.63, 3.8) is 0 Å². The topological polar surface area (TPSA) is 20.3 Å². The van der Waals surface area contributed by atoms with Crippen LogP contribution in [0.25, 0.3) is 0 Å². The zero-order valence-corrected chi connectivity index (χ0v) is 6.55. The molecule has 0 atom stereocenters. The van der Waals surface area contributed by atoms with E-state index in [0.717, 1.165) is 13.0 Å². The Labute approximate surface area is 61.5 Å². The molecule has 0 spiro atoms. The first-order valence-electron chi connectivity index (χ1n) is 3.68. The van der Waals surface area contributed by atoms with Crippen molar-refractivity contribution in [3.05, 3.63) is 11.8 Å². The SMILES string of the molecule is CCN(C)C1=CC(=O)CC1. The Morgan fingerprint density at radius 2 is 2.30 bits per heavy atom. The van der Waals surface area contributed by atoms with Crippen LogP contribution >= 0.6 is 0 Å². The van der Waals surface area contributed by atoms with Crippen LogP contribution < -0.4 is 0 Å². The van der Waals surface area contributed by atoms with Gasteiger partial charge in [0.05, 0.1) is 0 Å². The molecule has 0 aromatic heterocycles. The van der Waals surface area contributed by atoms with Gasteiger partial charge in [-0.25, -0.2) is 0 Å². The van der Waals surface area contributed by atoms with Gasteiger partial charge in [-0.2, -0.15) is 0 Å². The van der Waals surface area contributed by atoms with Crippen molar-refractivity contribution in [3.8, 4) is 0 Å². The van der Waals surface area contributed by atoms with E-state index < -0.39 is 0 Å². The van der Waals surface area contributed by atoms with Gasteiger partial charge in [-0.3, -0.25) is 4.79 Å². The predicted octanol–water partition coefficient (Wildman–Crippen LogP) is 1.18. The summed E-state index contributed by atoms with van der Waals surface area (Å²) in [6, 6.07) is 0. The largest absolute Gasteiger partial charge is 0.378 e. The van der Waals surface area contributed by atoms with E-state index in [1.165, 1.54) is 5.70 Å². The third-order valence-corrected chi connectivity index (χ3v) is 1.92. The molecular weight excluding hydrogens is 126 g/mol. The number of carbonyl (C=O) groups excluding carboxylic acids is 1. The van der Waals surface area contributed by atoms with E-state index >= 15 is 0 Å². The minimum atomic E-state index is 0.273. The van der Waals surface area contributed by atoms with Crippen molar-refractivity contribution in [2.75, 3.05) is 13.6 Å². The van der Waals surface area contributed by atoms with Crippen LogP contribution in [-0.2, 0) is 4.79 Å². The molecule has 0 bridgehead atoms. The number of allylic oxidation sites excluding steroid dienone is 2. The van der Waals surface area contributed by atoms with Crippen LogP contribution in [0.2, 0.25) is 0 Å². The summed E-state index contributed by atoms with van der Waals surface area (Å²) in [5.41, 5.74) is 1.19. The zero-order valence-electron chi connectivity index (χ0n) is 6.55. The number of ketones is 1. The van der Waals surface area contributed by atoms with Gasteiger partial charge in [-0.1, -0.05) is 0 Å². The fourth-order valence-corrected chi connectivity index (χ4v) is 1.09. The van der Waals surface area contributed by atoms with Crippen LogP contribution in [0.15, 0.2) is 11.8 Å². The van der Waals surface area contributed by atoms with Crippen LogP contribution in [0, 0.1) is 0 Å². The van der Waals surface area contributed by atoms with Gasteiger partial charge in [-0.15, -0.1) is 0 Å². The van der Waals surface area contributed by atoms with Gasteiger partial charge < -0.3 is 4.90 Å². The summed E-state index contributed by atoms with van der Waals surface area (Å²) in [6.07, 6.45) is 3.40. The fraction of sp³-hybridized carbons (Fsp3) is 0.625. The molecule has 0 radical (unpaired) electrons. The first-order valence-corrected chi connectivity index (χ1v) is 3.68. The third-order valence-electron chi connectivity index (χ3n) is 1.92. The number of hydrogen-bond donors (Lipinski definition) is 0.